The highest BCUT2D eigenvalue weighted by molar-refractivity contribution is 5.75. The molecule has 3 nitrogen and oxygen atoms in total. The number of benzene rings is 1. The molecule has 0 aromatic heterocycles. The van der Waals surface area contributed by atoms with E-state index in [1.807, 2.05) is 24.3 Å². The lowest BCUT2D eigenvalue weighted by atomic mass is 9.80. The fraction of sp³-hybridized carbons (Fsp3) is 0.600. The lowest BCUT2D eigenvalue weighted by molar-refractivity contribution is -0.140. The summed E-state index contributed by atoms with van der Waals surface area (Å²) in [5.41, 5.74) is 1.32. The van der Waals surface area contributed by atoms with Crippen molar-refractivity contribution in [3.05, 3.63) is 42.0 Å². The Morgan fingerprint density at radius 2 is 1.82 bits per heavy atom. The molecule has 152 valence electrons. The van der Waals surface area contributed by atoms with Gasteiger partial charge in [0, 0.05) is 6.08 Å². The smallest absolute Gasteiger partial charge is 0.314 e. The Morgan fingerprint density at radius 3 is 2.50 bits per heavy atom. The molecule has 28 heavy (non-hydrogen) atoms. The van der Waals surface area contributed by atoms with Gasteiger partial charge in [-0.15, -0.1) is 0 Å². The van der Waals surface area contributed by atoms with E-state index in [0.29, 0.717) is 11.7 Å². The van der Waals surface area contributed by atoms with Crippen LogP contribution in [0.3, 0.4) is 0 Å². The van der Waals surface area contributed by atoms with Crippen LogP contribution in [0.2, 0.25) is 0 Å². The van der Waals surface area contributed by atoms with Crippen LogP contribution in [0, 0.1) is 23.2 Å². The number of aryl methyl sites for hydroxylation is 1. The molecule has 1 aliphatic rings. The summed E-state index contributed by atoms with van der Waals surface area (Å²) in [7, 11) is 0. The average molecular weight is 382 g/mol. The van der Waals surface area contributed by atoms with Crippen LogP contribution in [0.1, 0.15) is 83.1 Å². The molecule has 0 radical (unpaired) electrons. The molecule has 0 spiro atoms. The number of nitrogens with zero attached hydrogens (tertiary/aromatic N) is 1. The van der Waals surface area contributed by atoms with Gasteiger partial charge in [-0.1, -0.05) is 50.8 Å². The van der Waals surface area contributed by atoms with Crippen molar-refractivity contribution in [2.24, 2.45) is 11.8 Å². The van der Waals surface area contributed by atoms with Gasteiger partial charge in [0.05, 0.1) is 12.0 Å². The van der Waals surface area contributed by atoms with Crippen LogP contribution < -0.4 is 4.74 Å². The molecule has 2 rings (SSSR count). The lowest BCUT2D eigenvalue weighted by Crippen LogP contribution is -2.25. The van der Waals surface area contributed by atoms with Crippen LogP contribution in [0.25, 0.3) is 0 Å². The number of nitriles is 1. The first-order valence-electron chi connectivity index (χ1n) is 11.1. The highest BCUT2D eigenvalue weighted by Crippen LogP contribution is 2.32. The van der Waals surface area contributed by atoms with Crippen LogP contribution in [0.4, 0.5) is 0 Å². The molecule has 1 saturated carbocycles. The number of carbonyl (C=O) groups is 1. The largest absolute Gasteiger partial charge is 0.426 e. The van der Waals surface area contributed by atoms with Gasteiger partial charge in [0.15, 0.2) is 0 Å². The molecular weight excluding hydrogens is 346 g/mol. The number of esters is 1. The number of unbranched alkanes of at least 4 members (excludes halogenated alkanes) is 4. The Morgan fingerprint density at radius 1 is 1.11 bits per heavy atom. The molecular formula is C25H35NO2. The summed E-state index contributed by atoms with van der Waals surface area (Å²) in [6.45, 7) is 2.24. The first-order chi connectivity index (χ1) is 13.7. The van der Waals surface area contributed by atoms with E-state index in [2.05, 4.69) is 19.1 Å². The number of carbonyl (C=O) groups excluding carboxylic acids is 1. The second-order valence-electron chi connectivity index (χ2n) is 8.06. The van der Waals surface area contributed by atoms with E-state index in [9.17, 15) is 4.79 Å². The van der Waals surface area contributed by atoms with Crippen LogP contribution in [-0.4, -0.2) is 5.97 Å². The zero-order valence-electron chi connectivity index (χ0n) is 17.4. The molecule has 0 atom stereocenters. The van der Waals surface area contributed by atoms with Gasteiger partial charge in [0.2, 0.25) is 0 Å². The van der Waals surface area contributed by atoms with Gasteiger partial charge in [-0.2, -0.15) is 5.26 Å². The van der Waals surface area contributed by atoms with Gasteiger partial charge in [0.1, 0.15) is 5.75 Å². The molecule has 0 N–H and O–H groups in total. The van der Waals surface area contributed by atoms with Crippen molar-refractivity contribution in [2.75, 3.05) is 0 Å². The van der Waals surface area contributed by atoms with E-state index >= 15 is 0 Å². The maximum absolute atomic E-state index is 12.5. The van der Waals surface area contributed by atoms with Crippen molar-refractivity contribution in [2.45, 2.75) is 84.0 Å². The van der Waals surface area contributed by atoms with E-state index in [4.69, 9.17) is 10.00 Å². The Kier molecular flexibility index (Phi) is 10.4. The fourth-order valence-corrected chi connectivity index (χ4v) is 4.01. The topological polar surface area (TPSA) is 50.1 Å². The Hall–Kier alpha value is -2.08. The third kappa shape index (κ3) is 8.30. The van der Waals surface area contributed by atoms with Crippen molar-refractivity contribution >= 4 is 5.97 Å². The number of hydrogen-bond donors (Lipinski definition) is 0. The van der Waals surface area contributed by atoms with Gasteiger partial charge < -0.3 is 4.74 Å². The minimum absolute atomic E-state index is 0.0316. The monoisotopic (exact) mass is 381 g/mol. The van der Waals surface area contributed by atoms with Crippen molar-refractivity contribution in [1.82, 2.24) is 0 Å². The molecule has 0 amide bonds. The molecule has 3 heteroatoms. The number of allylic oxidation sites excluding steroid dienone is 2. The average Bonchev–Trinajstić information content (AvgIpc) is 2.73. The molecule has 0 bridgehead atoms. The first-order valence-corrected chi connectivity index (χ1v) is 11.1. The quantitative estimate of drug-likeness (QED) is 0.184. The van der Waals surface area contributed by atoms with Crippen LogP contribution >= 0.6 is 0 Å². The Bertz CT molecular complexity index is 634. The Labute approximate surface area is 170 Å². The molecule has 1 aromatic rings. The number of rotatable bonds is 11. The highest BCUT2D eigenvalue weighted by atomic mass is 16.5. The molecule has 1 fully saturated rings. The van der Waals surface area contributed by atoms with Crippen molar-refractivity contribution in [3.8, 4) is 11.8 Å². The molecule has 0 heterocycles. The minimum Gasteiger partial charge on any atom is -0.426 e. The van der Waals surface area contributed by atoms with E-state index in [-0.39, 0.29) is 11.9 Å². The second-order valence-corrected chi connectivity index (χ2v) is 8.06. The SMILES string of the molecule is CCCCCCCc1ccc(OC(=O)C2CCC(CCC=CC#N)CC2)cc1. The Balaban J connectivity index is 1.67. The minimum atomic E-state index is -0.0739. The maximum Gasteiger partial charge on any atom is 0.314 e. The van der Waals surface area contributed by atoms with Gasteiger partial charge in [-0.25, -0.2) is 0 Å². The second kappa shape index (κ2) is 13.2. The van der Waals surface area contributed by atoms with Gasteiger partial charge in [-0.3, -0.25) is 4.79 Å². The third-order valence-electron chi connectivity index (χ3n) is 5.82. The summed E-state index contributed by atoms with van der Waals surface area (Å²) in [6.07, 6.45) is 17.1. The van der Waals surface area contributed by atoms with E-state index in [1.165, 1.54) is 37.7 Å². The van der Waals surface area contributed by atoms with E-state index in [0.717, 1.165) is 44.9 Å². The highest BCUT2D eigenvalue weighted by Gasteiger charge is 2.27. The predicted molar refractivity (Wildman–Crippen MR) is 114 cm³/mol. The lowest BCUT2D eigenvalue weighted by Gasteiger charge is -2.26. The fourth-order valence-electron chi connectivity index (χ4n) is 4.01. The van der Waals surface area contributed by atoms with E-state index in [1.54, 1.807) is 6.08 Å². The van der Waals surface area contributed by atoms with Crippen molar-refractivity contribution in [3.63, 3.8) is 0 Å². The molecule has 0 unspecified atom stereocenters. The molecule has 1 aliphatic carbocycles. The predicted octanol–water partition coefficient (Wildman–Crippen LogP) is 6.77. The summed E-state index contributed by atoms with van der Waals surface area (Å²) in [5.74, 6) is 1.30. The third-order valence-corrected chi connectivity index (χ3v) is 5.82. The maximum atomic E-state index is 12.5. The zero-order chi connectivity index (χ0) is 20.0. The summed E-state index contributed by atoms with van der Waals surface area (Å²) < 4.78 is 5.63. The van der Waals surface area contributed by atoms with Gasteiger partial charge in [-0.05, 0) is 75.0 Å². The number of hydrogen-bond acceptors (Lipinski definition) is 3. The number of ether oxygens (including phenoxy) is 1. The van der Waals surface area contributed by atoms with Crippen LogP contribution in [0.15, 0.2) is 36.4 Å². The summed E-state index contributed by atoms with van der Waals surface area (Å²) >= 11 is 0. The zero-order valence-corrected chi connectivity index (χ0v) is 17.4. The van der Waals surface area contributed by atoms with E-state index < -0.39 is 0 Å². The van der Waals surface area contributed by atoms with Crippen molar-refractivity contribution in [1.29, 1.82) is 5.26 Å². The van der Waals surface area contributed by atoms with Gasteiger partial charge in [0.25, 0.3) is 0 Å². The molecule has 1 aromatic carbocycles. The summed E-state index contributed by atoms with van der Waals surface area (Å²) in [6, 6.07) is 10.1. The standard InChI is InChI=1S/C25H35NO2/c1-2-3-4-5-7-10-22-14-18-24(19-15-22)28-25(27)23-16-12-21(13-17-23)11-8-6-9-20-26/h6,9,14-15,18-19,21,23H,2-5,7-8,10-13,16-17H2,1H3. The van der Waals surface area contributed by atoms with Crippen LogP contribution in [-0.2, 0) is 11.2 Å². The first kappa shape index (κ1) is 22.2. The summed E-state index contributed by atoms with van der Waals surface area (Å²) in [5, 5.41) is 8.51. The molecule has 0 saturated heterocycles. The van der Waals surface area contributed by atoms with Gasteiger partial charge >= 0.3 is 5.97 Å². The van der Waals surface area contributed by atoms with Crippen molar-refractivity contribution < 1.29 is 9.53 Å². The molecule has 0 aliphatic heterocycles. The van der Waals surface area contributed by atoms with Crippen LogP contribution in [0.5, 0.6) is 5.75 Å². The summed E-state index contributed by atoms with van der Waals surface area (Å²) in [4.78, 5) is 12.5. The normalized spacial score (nSPS) is 19.4.